The zero-order valence-corrected chi connectivity index (χ0v) is 7.63. The highest BCUT2D eigenvalue weighted by atomic mass is 19.1. The summed E-state index contributed by atoms with van der Waals surface area (Å²) >= 11 is 0. The smallest absolute Gasteiger partial charge is 0.303 e. The topological polar surface area (TPSA) is 61.1 Å². The van der Waals surface area contributed by atoms with Gasteiger partial charge in [-0.2, -0.15) is 5.26 Å². The first-order valence-electron chi connectivity index (χ1n) is 4.14. The van der Waals surface area contributed by atoms with Crippen LogP contribution < -0.4 is 0 Å². The van der Waals surface area contributed by atoms with Crippen LogP contribution in [0.25, 0.3) is 0 Å². The molecule has 1 rings (SSSR count). The molecule has 0 aliphatic rings. The summed E-state index contributed by atoms with van der Waals surface area (Å²) in [4.78, 5) is 10.2. The maximum atomic E-state index is 13.0. The summed E-state index contributed by atoms with van der Waals surface area (Å²) in [6.45, 7) is 0. The molecule has 0 bridgehead atoms. The van der Waals surface area contributed by atoms with Crippen molar-refractivity contribution in [2.24, 2.45) is 0 Å². The summed E-state index contributed by atoms with van der Waals surface area (Å²) in [7, 11) is 0. The zero-order valence-electron chi connectivity index (χ0n) is 7.63. The normalized spacial score (nSPS) is 9.67. The molecule has 1 aromatic carbocycles. The Morgan fingerprint density at radius 2 is 1.93 bits per heavy atom. The van der Waals surface area contributed by atoms with Crippen molar-refractivity contribution >= 4 is 5.97 Å². The third kappa shape index (κ3) is 2.74. The molecule has 0 radical (unpaired) electrons. The first kappa shape index (κ1) is 11.1. The molecule has 0 aliphatic carbocycles. The third-order valence-corrected chi connectivity index (χ3v) is 1.84. The van der Waals surface area contributed by atoms with Crippen LogP contribution in [0.2, 0.25) is 0 Å². The van der Waals surface area contributed by atoms with Crippen LogP contribution in [-0.2, 0) is 11.2 Å². The molecule has 0 spiro atoms. The lowest BCUT2D eigenvalue weighted by Crippen LogP contribution is -2.00. The largest absolute Gasteiger partial charge is 0.481 e. The molecule has 0 saturated carbocycles. The van der Waals surface area contributed by atoms with Gasteiger partial charge in [0.25, 0.3) is 0 Å². The summed E-state index contributed by atoms with van der Waals surface area (Å²) in [5.41, 5.74) is -0.416. The van der Waals surface area contributed by atoms with Gasteiger partial charge >= 0.3 is 5.97 Å². The highest BCUT2D eigenvalue weighted by molar-refractivity contribution is 5.67. The molecular weight excluding hydrogens is 204 g/mol. The number of rotatable bonds is 3. The fourth-order valence-electron chi connectivity index (χ4n) is 1.13. The minimum absolute atomic E-state index is 0.0366. The average Bonchev–Trinajstić information content (AvgIpc) is 2.14. The lowest BCUT2D eigenvalue weighted by atomic mass is 10.1. The Labute approximate surface area is 84.6 Å². The van der Waals surface area contributed by atoms with Crippen molar-refractivity contribution in [3.8, 4) is 6.07 Å². The zero-order chi connectivity index (χ0) is 11.4. The quantitative estimate of drug-likeness (QED) is 0.829. The number of nitrogens with zero attached hydrogens (tertiary/aromatic N) is 1. The summed E-state index contributed by atoms with van der Waals surface area (Å²) in [5.74, 6) is -2.96. The van der Waals surface area contributed by atoms with Gasteiger partial charge in [-0.1, -0.05) is 0 Å². The maximum absolute atomic E-state index is 13.0. The van der Waals surface area contributed by atoms with Crippen LogP contribution >= 0.6 is 0 Å². The Morgan fingerprint density at radius 3 is 2.33 bits per heavy atom. The van der Waals surface area contributed by atoms with Gasteiger partial charge < -0.3 is 5.11 Å². The van der Waals surface area contributed by atoms with Crippen molar-refractivity contribution in [2.45, 2.75) is 12.8 Å². The number of nitriles is 1. The Morgan fingerprint density at radius 1 is 1.40 bits per heavy atom. The molecule has 0 aromatic heterocycles. The van der Waals surface area contributed by atoms with Gasteiger partial charge in [-0.25, -0.2) is 8.78 Å². The van der Waals surface area contributed by atoms with Gasteiger partial charge in [-0.3, -0.25) is 4.79 Å². The Bertz CT molecular complexity index is 415. The Hall–Kier alpha value is -1.96. The van der Waals surface area contributed by atoms with Crippen LogP contribution in [0.3, 0.4) is 0 Å². The van der Waals surface area contributed by atoms with Crippen LogP contribution in [0, 0.1) is 23.0 Å². The SMILES string of the molecule is N#Cc1c(F)cc(CCC(=O)O)cc1F. The highest BCUT2D eigenvalue weighted by Crippen LogP contribution is 2.15. The summed E-state index contributed by atoms with van der Waals surface area (Å²) in [6.07, 6.45) is -0.167. The van der Waals surface area contributed by atoms with Crippen molar-refractivity contribution in [1.82, 2.24) is 0 Å². The van der Waals surface area contributed by atoms with Gasteiger partial charge in [0.05, 0.1) is 0 Å². The molecule has 3 nitrogen and oxygen atoms in total. The number of aliphatic carboxylic acids is 1. The molecule has 0 atom stereocenters. The van der Waals surface area contributed by atoms with Gasteiger partial charge in [0, 0.05) is 6.42 Å². The summed E-state index contributed by atoms with van der Waals surface area (Å²) in [6, 6.07) is 3.34. The predicted octanol–water partition coefficient (Wildman–Crippen LogP) is 1.85. The highest BCUT2D eigenvalue weighted by Gasteiger charge is 2.10. The first-order valence-corrected chi connectivity index (χ1v) is 4.14. The number of hydrogen-bond donors (Lipinski definition) is 1. The molecule has 15 heavy (non-hydrogen) atoms. The van der Waals surface area contributed by atoms with Gasteiger partial charge in [0.15, 0.2) is 0 Å². The van der Waals surface area contributed by atoms with Crippen LogP contribution in [0.15, 0.2) is 12.1 Å². The molecular formula is C10H7F2NO2. The van der Waals surface area contributed by atoms with Gasteiger partial charge in [0.1, 0.15) is 23.3 Å². The van der Waals surface area contributed by atoms with E-state index >= 15 is 0 Å². The second-order valence-corrected chi connectivity index (χ2v) is 2.94. The van der Waals surface area contributed by atoms with Crippen LogP contribution in [-0.4, -0.2) is 11.1 Å². The van der Waals surface area contributed by atoms with E-state index in [9.17, 15) is 13.6 Å². The molecule has 0 unspecified atom stereocenters. The number of carbonyl (C=O) groups is 1. The molecule has 0 fully saturated rings. The number of benzene rings is 1. The van der Waals surface area contributed by atoms with Crippen LogP contribution in [0.1, 0.15) is 17.5 Å². The fraction of sp³-hybridized carbons (Fsp3) is 0.200. The lowest BCUT2D eigenvalue weighted by Gasteiger charge is -2.01. The van der Waals surface area contributed by atoms with E-state index in [2.05, 4.69) is 0 Å². The number of hydrogen-bond acceptors (Lipinski definition) is 2. The fourth-order valence-corrected chi connectivity index (χ4v) is 1.13. The van der Waals surface area contributed by atoms with Gasteiger partial charge in [0.2, 0.25) is 0 Å². The van der Waals surface area contributed by atoms with E-state index in [1.807, 2.05) is 0 Å². The van der Waals surface area contributed by atoms with Crippen molar-refractivity contribution in [2.75, 3.05) is 0 Å². The number of aryl methyl sites for hydroxylation is 1. The van der Waals surface area contributed by atoms with Gasteiger partial charge in [-0.05, 0) is 24.1 Å². The van der Waals surface area contributed by atoms with Crippen molar-refractivity contribution in [1.29, 1.82) is 5.26 Å². The number of carboxylic acid groups (broad SMARTS) is 1. The van der Waals surface area contributed by atoms with E-state index in [1.165, 1.54) is 6.07 Å². The van der Waals surface area contributed by atoms with E-state index in [4.69, 9.17) is 10.4 Å². The molecule has 1 aromatic rings. The molecule has 1 N–H and O–H groups in total. The van der Waals surface area contributed by atoms with E-state index in [0.29, 0.717) is 0 Å². The standard InChI is InChI=1S/C10H7F2NO2/c11-8-3-6(1-2-10(14)15)4-9(12)7(8)5-13/h3-4H,1-2H2,(H,14,15). The molecule has 0 amide bonds. The van der Waals surface area contributed by atoms with Crippen LogP contribution in [0.4, 0.5) is 8.78 Å². The molecule has 0 heterocycles. The lowest BCUT2D eigenvalue weighted by molar-refractivity contribution is -0.136. The minimum Gasteiger partial charge on any atom is -0.481 e. The van der Waals surface area contributed by atoms with Crippen molar-refractivity contribution < 1.29 is 18.7 Å². The monoisotopic (exact) mass is 211 g/mol. The Balaban J connectivity index is 2.95. The van der Waals surface area contributed by atoms with E-state index < -0.39 is 23.2 Å². The molecule has 0 saturated heterocycles. The third-order valence-electron chi connectivity index (χ3n) is 1.84. The van der Waals surface area contributed by atoms with E-state index in [0.717, 1.165) is 12.1 Å². The minimum atomic E-state index is -1.04. The molecule has 0 aliphatic heterocycles. The molecule has 78 valence electrons. The van der Waals surface area contributed by atoms with Crippen molar-refractivity contribution in [3.05, 3.63) is 34.9 Å². The van der Waals surface area contributed by atoms with E-state index in [-0.39, 0.29) is 18.4 Å². The maximum Gasteiger partial charge on any atom is 0.303 e. The second-order valence-electron chi connectivity index (χ2n) is 2.94. The van der Waals surface area contributed by atoms with Crippen molar-refractivity contribution in [3.63, 3.8) is 0 Å². The number of halogens is 2. The average molecular weight is 211 g/mol. The summed E-state index contributed by atoms with van der Waals surface area (Å²) in [5, 5.41) is 16.8. The van der Waals surface area contributed by atoms with Crippen LogP contribution in [0.5, 0.6) is 0 Å². The van der Waals surface area contributed by atoms with Gasteiger partial charge in [-0.15, -0.1) is 0 Å². The number of carboxylic acids is 1. The predicted molar refractivity (Wildman–Crippen MR) is 47.0 cm³/mol. The van der Waals surface area contributed by atoms with E-state index in [1.54, 1.807) is 0 Å². The summed E-state index contributed by atoms with van der Waals surface area (Å²) < 4.78 is 26.1. The first-order chi connectivity index (χ1) is 7.04. The molecule has 5 heteroatoms. The second kappa shape index (κ2) is 4.51. The Kier molecular flexibility index (Phi) is 3.34.